The van der Waals surface area contributed by atoms with Gasteiger partial charge in [-0.05, 0) is 0 Å². The Morgan fingerprint density at radius 3 is 2.50 bits per heavy atom. The van der Waals surface area contributed by atoms with Crippen LogP contribution >= 0.6 is 11.6 Å². The van der Waals surface area contributed by atoms with Crippen molar-refractivity contribution >= 4 is 11.6 Å². The van der Waals surface area contributed by atoms with Gasteiger partial charge in [-0.2, -0.15) is 0 Å². The molecule has 48 valence electrons. The minimum Gasteiger partial charge on any atom is -0.578 e. The maximum absolute atomic E-state index is 5.50. The van der Waals surface area contributed by atoms with E-state index in [9.17, 15) is 0 Å². The van der Waals surface area contributed by atoms with Gasteiger partial charge in [-0.15, -0.1) is 5.69 Å². The van der Waals surface area contributed by atoms with Crippen molar-refractivity contribution in [3.8, 4) is 0 Å². The molecule has 0 amide bonds. The maximum atomic E-state index is 5.50. The van der Waals surface area contributed by atoms with Crippen LogP contribution in [0.3, 0.4) is 0 Å². The first kappa shape index (κ1) is 8.24. The predicted molar refractivity (Wildman–Crippen MR) is 27.3 cm³/mol. The Morgan fingerprint density at radius 1 is 1.75 bits per heavy atom. The first-order valence-electron chi connectivity index (χ1n) is 1.91. The molecule has 1 heterocycles. The van der Waals surface area contributed by atoms with Gasteiger partial charge in [0.05, 0.1) is 0 Å². The van der Waals surface area contributed by atoms with Crippen LogP contribution in [0.15, 0.2) is 6.20 Å². The third-order valence-electron chi connectivity index (χ3n) is 0.724. The molecule has 1 aromatic heterocycles. The van der Waals surface area contributed by atoms with Gasteiger partial charge in [0.2, 0.25) is 0 Å². The second kappa shape index (κ2) is 3.30. The fourth-order valence-electron chi connectivity index (χ4n) is 0.307. The Kier molecular flexibility index (Phi) is 3.40. The van der Waals surface area contributed by atoms with E-state index in [2.05, 4.69) is 10.2 Å². The van der Waals surface area contributed by atoms with Gasteiger partial charge in [-0.25, -0.2) is 0 Å². The molecular formula is C4H4AgClN2. The quantitative estimate of drug-likeness (QED) is 0.614. The zero-order valence-corrected chi connectivity index (χ0v) is 6.39. The summed E-state index contributed by atoms with van der Waals surface area (Å²) in [4.78, 5) is 0. The summed E-state index contributed by atoms with van der Waals surface area (Å²) in [7, 11) is 0. The van der Waals surface area contributed by atoms with Crippen LogP contribution in [-0.4, -0.2) is 5.10 Å². The van der Waals surface area contributed by atoms with Crippen LogP contribution in [0, 0.1) is 6.92 Å². The molecular weight excluding hydrogens is 219 g/mol. The molecule has 0 saturated carbocycles. The van der Waals surface area contributed by atoms with Crippen LogP contribution < -0.4 is 5.10 Å². The summed E-state index contributed by atoms with van der Waals surface area (Å²) in [6, 6.07) is 0. The van der Waals surface area contributed by atoms with Crippen LogP contribution in [-0.2, 0) is 22.4 Å². The average molecular weight is 223 g/mol. The van der Waals surface area contributed by atoms with Gasteiger partial charge in [-0.1, -0.05) is 18.5 Å². The fraction of sp³-hybridized carbons (Fsp3) is 0.250. The van der Waals surface area contributed by atoms with Crippen LogP contribution in [0.4, 0.5) is 0 Å². The second-order valence-corrected chi connectivity index (χ2v) is 1.69. The SMILES string of the molecule is Cc1[n-]ncc1Cl.[Ag+]. The molecule has 1 rings (SSSR count). The number of halogens is 1. The van der Waals surface area contributed by atoms with E-state index in [-0.39, 0.29) is 22.4 Å². The van der Waals surface area contributed by atoms with E-state index < -0.39 is 0 Å². The molecule has 2 nitrogen and oxygen atoms in total. The monoisotopic (exact) mass is 222 g/mol. The summed E-state index contributed by atoms with van der Waals surface area (Å²) in [5, 5.41) is 7.81. The van der Waals surface area contributed by atoms with E-state index >= 15 is 0 Å². The fourth-order valence-corrected chi connectivity index (χ4v) is 0.389. The summed E-state index contributed by atoms with van der Waals surface area (Å²) in [5.41, 5.74) is 0.793. The predicted octanol–water partition coefficient (Wildman–Crippen LogP) is 0.998. The zero-order valence-electron chi connectivity index (χ0n) is 4.15. The topological polar surface area (TPSA) is 27.0 Å². The molecule has 0 aliphatic carbocycles. The Hall–Kier alpha value is 0.240. The molecule has 0 saturated heterocycles. The number of aryl methyl sites for hydroxylation is 1. The molecule has 0 unspecified atom stereocenters. The van der Waals surface area contributed by atoms with Crippen molar-refractivity contribution in [2.24, 2.45) is 0 Å². The van der Waals surface area contributed by atoms with Crippen LogP contribution in [0.1, 0.15) is 5.69 Å². The van der Waals surface area contributed by atoms with Gasteiger partial charge < -0.3 is 10.2 Å². The molecule has 0 spiro atoms. The smallest absolute Gasteiger partial charge is 0.578 e. The van der Waals surface area contributed by atoms with Crippen molar-refractivity contribution in [3.63, 3.8) is 0 Å². The Bertz CT molecular complexity index is 146. The minimum atomic E-state index is 0. The average Bonchev–Trinajstić information content (AvgIpc) is 1.91. The van der Waals surface area contributed by atoms with Crippen LogP contribution in [0.2, 0.25) is 5.02 Å². The van der Waals surface area contributed by atoms with Gasteiger partial charge in [0, 0.05) is 11.2 Å². The van der Waals surface area contributed by atoms with Crippen molar-refractivity contribution in [3.05, 3.63) is 16.9 Å². The normalized spacial score (nSPS) is 8.25. The van der Waals surface area contributed by atoms with E-state index in [0.717, 1.165) is 5.69 Å². The zero-order chi connectivity index (χ0) is 5.28. The largest absolute Gasteiger partial charge is 1.00 e. The van der Waals surface area contributed by atoms with Gasteiger partial charge in [0.15, 0.2) is 0 Å². The summed E-state index contributed by atoms with van der Waals surface area (Å²) in [5.74, 6) is 0. The summed E-state index contributed by atoms with van der Waals surface area (Å²) < 4.78 is 0. The molecule has 0 atom stereocenters. The van der Waals surface area contributed by atoms with E-state index in [0.29, 0.717) is 5.02 Å². The number of rotatable bonds is 0. The molecule has 0 aromatic carbocycles. The standard InChI is InChI=1S/C4H4ClN2.Ag/c1-3-4(5)2-6-7-3;/h2H,1H3;/q-1;+1. The van der Waals surface area contributed by atoms with Crippen molar-refractivity contribution in [2.75, 3.05) is 0 Å². The van der Waals surface area contributed by atoms with Crippen molar-refractivity contribution in [1.29, 1.82) is 0 Å². The van der Waals surface area contributed by atoms with Gasteiger partial charge in [0.25, 0.3) is 0 Å². The Morgan fingerprint density at radius 2 is 2.38 bits per heavy atom. The molecule has 8 heavy (non-hydrogen) atoms. The summed E-state index contributed by atoms with van der Waals surface area (Å²) >= 11 is 5.50. The number of hydrogen-bond donors (Lipinski definition) is 0. The third kappa shape index (κ3) is 1.63. The van der Waals surface area contributed by atoms with Gasteiger partial charge in [0.1, 0.15) is 0 Å². The Labute approximate surface area is 68.1 Å². The molecule has 0 radical (unpaired) electrons. The van der Waals surface area contributed by atoms with Gasteiger partial charge >= 0.3 is 22.4 Å². The molecule has 4 heteroatoms. The summed E-state index contributed by atoms with van der Waals surface area (Å²) in [6.07, 6.45) is 1.52. The van der Waals surface area contributed by atoms with Crippen LogP contribution in [0.25, 0.3) is 0 Å². The van der Waals surface area contributed by atoms with Gasteiger partial charge in [-0.3, -0.25) is 0 Å². The van der Waals surface area contributed by atoms with E-state index in [1.54, 1.807) is 0 Å². The molecule has 0 fully saturated rings. The first-order valence-corrected chi connectivity index (χ1v) is 2.29. The van der Waals surface area contributed by atoms with Crippen LogP contribution in [0.5, 0.6) is 0 Å². The van der Waals surface area contributed by atoms with E-state index in [1.807, 2.05) is 6.92 Å². The van der Waals surface area contributed by atoms with Crippen molar-refractivity contribution < 1.29 is 22.4 Å². The van der Waals surface area contributed by atoms with E-state index in [1.165, 1.54) is 6.20 Å². The number of aromatic nitrogens is 2. The molecule has 0 bridgehead atoms. The Balaban J connectivity index is 0.000000490. The third-order valence-corrected chi connectivity index (χ3v) is 1.10. The molecule has 0 aliphatic heterocycles. The molecule has 1 aromatic rings. The van der Waals surface area contributed by atoms with Crippen molar-refractivity contribution in [1.82, 2.24) is 10.2 Å². The summed E-state index contributed by atoms with van der Waals surface area (Å²) in [6.45, 7) is 1.81. The van der Waals surface area contributed by atoms with E-state index in [4.69, 9.17) is 11.6 Å². The number of nitrogens with zero attached hydrogens (tertiary/aromatic N) is 2. The van der Waals surface area contributed by atoms with Crippen molar-refractivity contribution in [2.45, 2.75) is 6.92 Å². The second-order valence-electron chi connectivity index (χ2n) is 1.28. The first-order chi connectivity index (χ1) is 3.30. The minimum absolute atomic E-state index is 0. The number of hydrogen-bond acceptors (Lipinski definition) is 1. The maximum Gasteiger partial charge on any atom is 1.00 e. The molecule has 0 N–H and O–H groups in total. The molecule has 0 aliphatic rings.